The van der Waals surface area contributed by atoms with Gasteiger partial charge in [-0.25, -0.2) is 9.97 Å². The van der Waals surface area contributed by atoms with Gasteiger partial charge >= 0.3 is 0 Å². The lowest BCUT2D eigenvalue weighted by atomic mass is 10.1. The molecule has 0 aliphatic carbocycles. The fraction of sp³-hybridized carbons (Fsp3) is 0.750. The van der Waals surface area contributed by atoms with E-state index in [0.717, 1.165) is 44.1 Å². The van der Waals surface area contributed by atoms with Gasteiger partial charge < -0.3 is 10.2 Å². The summed E-state index contributed by atoms with van der Waals surface area (Å²) in [4.78, 5) is 14.1. The maximum absolute atomic E-state index is 4.60. The minimum Gasteiger partial charge on any atom is -0.341 e. The van der Waals surface area contributed by atoms with E-state index in [-0.39, 0.29) is 0 Å². The number of likely N-dealkylation sites (tertiary alicyclic amines) is 1. The van der Waals surface area contributed by atoms with Crippen LogP contribution in [0.25, 0.3) is 0 Å². The zero-order valence-corrected chi connectivity index (χ0v) is 12.7. The van der Waals surface area contributed by atoms with E-state index in [1.165, 1.54) is 44.3 Å². The summed E-state index contributed by atoms with van der Waals surface area (Å²) in [6.07, 6.45) is 9.30. The van der Waals surface area contributed by atoms with Gasteiger partial charge in [0.1, 0.15) is 0 Å². The molecular weight excluding hydrogens is 262 g/mol. The number of hydrogen-bond acceptors (Lipinski definition) is 5. The molecule has 3 saturated heterocycles. The van der Waals surface area contributed by atoms with Crippen LogP contribution in [-0.4, -0.2) is 53.6 Å². The predicted octanol–water partition coefficient (Wildman–Crippen LogP) is 1.26. The Bertz CT molecular complexity index is 468. The molecule has 5 nitrogen and oxygen atoms in total. The largest absolute Gasteiger partial charge is 0.341 e. The third-order valence-corrected chi connectivity index (χ3v) is 5.28. The molecule has 0 radical (unpaired) electrons. The fourth-order valence-corrected chi connectivity index (χ4v) is 4.06. The van der Waals surface area contributed by atoms with Gasteiger partial charge in [-0.05, 0) is 44.7 Å². The highest BCUT2D eigenvalue weighted by Gasteiger charge is 2.37. The van der Waals surface area contributed by atoms with Crippen LogP contribution < -0.4 is 10.2 Å². The number of rotatable bonds is 3. The lowest BCUT2D eigenvalue weighted by molar-refractivity contribution is 0.243. The average molecular weight is 287 g/mol. The van der Waals surface area contributed by atoms with Gasteiger partial charge in [-0.3, -0.25) is 4.90 Å². The second-order valence-corrected chi connectivity index (χ2v) is 6.68. The van der Waals surface area contributed by atoms with Crippen molar-refractivity contribution in [1.82, 2.24) is 20.2 Å². The molecule has 0 aromatic carbocycles. The fourth-order valence-electron chi connectivity index (χ4n) is 4.06. The Balaban J connectivity index is 1.39. The summed E-state index contributed by atoms with van der Waals surface area (Å²) < 4.78 is 0. The van der Waals surface area contributed by atoms with Crippen molar-refractivity contribution in [3.63, 3.8) is 0 Å². The molecule has 0 bridgehead atoms. The molecule has 1 N–H and O–H groups in total. The second-order valence-electron chi connectivity index (χ2n) is 6.68. The van der Waals surface area contributed by atoms with E-state index in [2.05, 4.69) is 25.1 Å². The molecule has 3 aliphatic heterocycles. The van der Waals surface area contributed by atoms with E-state index in [4.69, 9.17) is 0 Å². The number of piperidine rings is 1. The minimum absolute atomic E-state index is 0.728. The van der Waals surface area contributed by atoms with E-state index in [1.54, 1.807) is 0 Å². The van der Waals surface area contributed by atoms with Gasteiger partial charge in [0.25, 0.3) is 0 Å². The standard InChI is InChI=1S/C16H25N5/c1-2-5-20(6-3-1)16-18-8-13(9-19-16)12-21-7-4-14-10-17-11-15(14)21/h8-9,14-15,17H,1-7,10-12H2/t14-,15+/m0/s1. The van der Waals surface area contributed by atoms with Crippen molar-refractivity contribution in [2.24, 2.45) is 5.92 Å². The van der Waals surface area contributed by atoms with Crippen LogP contribution in [0.15, 0.2) is 12.4 Å². The molecule has 3 fully saturated rings. The Hall–Kier alpha value is -1.20. The van der Waals surface area contributed by atoms with E-state index >= 15 is 0 Å². The van der Waals surface area contributed by atoms with Gasteiger partial charge in [-0.1, -0.05) is 0 Å². The van der Waals surface area contributed by atoms with Crippen LogP contribution in [0.2, 0.25) is 0 Å². The summed E-state index contributed by atoms with van der Waals surface area (Å²) >= 11 is 0. The smallest absolute Gasteiger partial charge is 0.225 e. The predicted molar refractivity (Wildman–Crippen MR) is 83.3 cm³/mol. The molecule has 2 atom stereocenters. The summed E-state index contributed by atoms with van der Waals surface area (Å²) in [5.74, 6) is 1.78. The number of nitrogens with zero attached hydrogens (tertiary/aromatic N) is 4. The van der Waals surface area contributed by atoms with Crippen LogP contribution in [-0.2, 0) is 6.54 Å². The molecule has 5 heteroatoms. The quantitative estimate of drug-likeness (QED) is 0.907. The van der Waals surface area contributed by atoms with Gasteiger partial charge in [-0.15, -0.1) is 0 Å². The summed E-state index contributed by atoms with van der Waals surface area (Å²) in [6, 6.07) is 0.728. The Morgan fingerprint density at radius 1 is 1.05 bits per heavy atom. The monoisotopic (exact) mass is 287 g/mol. The normalized spacial score (nSPS) is 29.8. The zero-order chi connectivity index (χ0) is 14.1. The van der Waals surface area contributed by atoms with Crippen LogP contribution in [0.1, 0.15) is 31.2 Å². The first-order chi connectivity index (χ1) is 10.4. The SMILES string of the molecule is c1nc(N2CCCCC2)ncc1CN1CC[C@H]2CNC[C@H]21. The first-order valence-electron chi connectivity index (χ1n) is 8.41. The average Bonchev–Trinajstić information content (AvgIpc) is 3.14. The summed E-state index contributed by atoms with van der Waals surface area (Å²) in [6.45, 7) is 6.80. The lowest BCUT2D eigenvalue weighted by Gasteiger charge is -2.27. The van der Waals surface area contributed by atoms with Crippen molar-refractivity contribution in [1.29, 1.82) is 0 Å². The third-order valence-electron chi connectivity index (χ3n) is 5.28. The van der Waals surface area contributed by atoms with Gasteiger partial charge in [0.15, 0.2) is 0 Å². The van der Waals surface area contributed by atoms with Crippen molar-refractivity contribution >= 4 is 5.95 Å². The molecule has 21 heavy (non-hydrogen) atoms. The number of nitrogens with one attached hydrogen (secondary N) is 1. The first-order valence-corrected chi connectivity index (χ1v) is 8.41. The Morgan fingerprint density at radius 3 is 2.67 bits per heavy atom. The van der Waals surface area contributed by atoms with Crippen molar-refractivity contribution in [2.75, 3.05) is 37.6 Å². The molecule has 114 valence electrons. The number of aromatic nitrogens is 2. The summed E-state index contributed by atoms with van der Waals surface area (Å²) in [7, 11) is 0. The van der Waals surface area contributed by atoms with Crippen LogP contribution in [0.3, 0.4) is 0 Å². The number of fused-ring (bicyclic) bond motifs is 1. The molecule has 1 aromatic rings. The highest BCUT2D eigenvalue weighted by molar-refractivity contribution is 5.30. The molecule has 0 saturated carbocycles. The van der Waals surface area contributed by atoms with Crippen molar-refractivity contribution in [2.45, 2.75) is 38.3 Å². The summed E-state index contributed by atoms with van der Waals surface area (Å²) in [5.41, 5.74) is 1.25. The maximum Gasteiger partial charge on any atom is 0.225 e. The molecule has 3 aliphatic rings. The molecule has 0 amide bonds. The second kappa shape index (κ2) is 5.89. The molecule has 1 aromatic heterocycles. The number of anilines is 1. The molecule has 0 unspecified atom stereocenters. The topological polar surface area (TPSA) is 44.3 Å². The molecule has 4 heterocycles. The highest BCUT2D eigenvalue weighted by Crippen LogP contribution is 2.28. The minimum atomic E-state index is 0.728. The number of hydrogen-bond donors (Lipinski definition) is 1. The van der Waals surface area contributed by atoms with E-state index in [0.29, 0.717) is 0 Å². The Labute approximate surface area is 126 Å². The van der Waals surface area contributed by atoms with Crippen molar-refractivity contribution in [3.05, 3.63) is 18.0 Å². The maximum atomic E-state index is 4.60. The molecule has 4 rings (SSSR count). The van der Waals surface area contributed by atoms with Crippen LogP contribution >= 0.6 is 0 Å². The van der Waals surface area contributed by atoms with Gasteiger partial charge in [0, 0.05) is 50.2 Å². The zero-order valence-electron chi connectivity index (χ0n) is 12.7. The van der Waals surface area contributed by atoms with E-state index < -0.39 is 0 Å². The first kappa shape index (κ1) is 13.5. The van der Waals surface area contributed by atoms with Crippen LogP contribution in [0.5, 0.6) is 0 Å². The molecular formula is C16H25N5. The Morgan fingerprint density at radius 2 is 1.86 bits per heavy atom. The van der Waals surface area contributed by atoms with Crippen LogP contribution in [0.4, 0.5) is 5.95 Å². The van der Waals surface area contributed by atoms with Crippen molar-refractivity contribution in [3.8, 4) is 0 Å². The van der Waals surface area contributed by atoms with E-state index in [9.17, 15) is 0 Å². The Kier molecular flexibility index (Phi) is 3.78. The highest BCUT2D eigenvalue weighted by atomic mass is 15.3. The lowest BCUT2D eigenvalue weighted by Crippen LogP contribution is -2.34. The van der Waals surface area contributed by atoms with Crippen LogP contribution in [0, 0.1) is 5.92 Å². The summed E-state index contributed by atoms with van der Waals surface area (Å²) in [5, 5.41) is 3.51. The molecule has 0 spiro atoms. The van der Waals surface area contributed by atoms with Gasteiger partial charge in [-0.2, -0.15) is 0 Å². The third kappa shape index (κ3) is 2.77. The van der Waals surface area contributed by atoms with Crippen molar-refractivity contribution < 1.29 is 0 Å². The van der Waals surface area contributed by atoms with Gasteiger partial charge in [0.2, 0.25) is 5.95 Å². The van der Waals surface area contributed by atoms with Gasteiger partial charge in [0.05, 0.1) is 0 Å². The van der Waals surface area contributed by atoms with E-state index in [1.807, 2.05) is 12.4 Å².